The molecule has 0 aliphatic carbocycles. The fraction of sp³-hybridized carbons (Fsp3) is 0.136. The van der Waals surface area contributed by atoms with Gasteiger partial charge in [0, 0.05) is 23.1 Å². The monoisotopic (exact) mass is 473 g/mol. The van der Waals surface area contributed by atoms with Crippen LogP contribution in [0.15, 0.2) is 83.3 Å². The second-order valence-corrected chi connectivity index (χ2v) is 9.08. The van der Waals surface area contributed by atoms with E-state index >= 15 is 0 Å². The Morgan fingerprint density at radius 2 is 1.41 bits per heavy atom. The van der Waals surface area contributed by atoms with E-state index in [1.165, 1.54) is 0 Å². The molecule has 0 saturated carbocycles. The van der Waals surface area contributed by atoms with Crippen molar-refractivity contribution >= 4 is 32.0 Å². The van der Waals surface area contributed by atoms with E-state index in [0.717, 1.165) is 21.9 Å². The van der Waals surface area contributed by atoms with Crippen LogP contribution in [0.2, 0.25) is 0 Å². The van der Waals surface area contributed by atoms with Crippen molar-refractivity contribution in [3.63, 3.8) is 0 Å². The summed E-state index contributed by atoms with van der Waals surface area (Å²) >= 11 is 3.39. The van der Waals surface area contributed by atoms with Crippen molar-refractivity contribution in [2.24, 2.45) is 0 Å². The van der Waals surface area contributed by atoms with E-state index in [1.807, 2.05) is 42.5 Å². The standard InChI is InChI=1S/C22H20BrNO4S/c1-29(26,27)28-21-13-7-18(8-14-21)16-24(15-17-5-3-2-4-6-17)22(25)19-9-11-20(23)12-10-19/h2-14H,15-16H2,1H3. The molecule has 0 N–H and O–H groups in total. The maximum Gasteiger partial charge on any atom is 0.306 e. The molecule has 3 rings (SSSR count). The van der Waals surface area contributed by atoms with Crippen molar-refractivity contribution in [3.8, 4) is 5.75 Å². The van der Waals surface area contributed by atoms with Gasteiger partial charge in [-0.05, 0) is 47.5 Å². The number of carbonyl (C=O) groups is 1. The summed E-state index contributed by atoms with van der Waals surface area (Å²) in [4.78, 5) is 14.9. The molecule has 0 atom stereocenters. The molecule has 0 aromatic heterocycles. The Labute approximate surface area is 179 Å². The normalized spacial score (nSPS) is 11.1. The van der Waals surface area contributed by atoms with Crippen LogP contribution in [-0.2, 0) is 23.2 Å². The predicted molar refractivity (Wildman–Crippen MR) is 116 cm³/mol. The SMILES string of the molecule is CS(=O)(=O)Oc1ccc(CN(Cc2ccccc2)C(=O)c2ccc(Br)cc2)cc1. The minimum absolute atomic E-state index is 0.0854. The molecular formula is C22H20BrNO4S. The molecule has 3 aromatic rings. The number of carbonyl (C=O) groups excluding carboxylic acids is 1. The van der Waals surface area contributed by atoms with Crippen LogP contribution in [0.3, 0.4) is 0 Å². The van der Waals surface area contributed by atoms with E-state index in [-0.39, 0.29) is 11.7 Å². The van der Waals surface area contributed by atoms with Crippen molar-refractivity contribution in [2.45, 2.75) is 13.1 Å². The number of hydrogen-bond acceptors (Lipinski definition) is 4. The summed E-state index contributed by atoms with van der Waals surface area (Å²) in [5.41, 5.74) is 2.49. The van der Waals surface area contributed by atoms with Crippen molar-refractivity contribution in [1.29, 1.82) is 0 Å². The molecule has 0 aliphatic heterocycles. The minimum Gasteiger partial charge on any atom is -0.383 e. The van der Waals surface area contributed by atoms with Crippen LogP contribution < -0.4 is 4.18 Å². The van der Waals surface area contributed by atoms with Gasteiger partial charge < -0.3 is 9.08 Å². The molecule has 29 heavy (non-hydrogen) atoms. The summed E-state index contributed by atoms with van der Waals surface area (Å²) in [6.07, 6.45) is 0.999. The predicted octanol–water partition coefficient (Wildman–Crippen LogP) is 4.63. The molecule has 0 spiro atoms. The lowest BCUT2D eigenvalue weighted by atomic mass is 10.1. The fourth-order valence-electron chi connectivity index (χ4n) is 2.82. The Morgan fingerprint density at radius 3 is 1.97 bits per heavy atom. The summed E-state index contributed by atoms with van der Waals surface area (Å²) in [6, 6.07) is 23.7. The molecule has 0 heterocycles. The van der Waals surface area contributed by atoms with Gasteiger partial charge in [0.1, 0.15) is 5.75 Å². The van der Waals surface area contributed by atoms with Gasteiger partial charge in [-0.25, -0.2) is 0 Å². The largest absolute Gasteiger partial charge is 0.383 e. The average Bonchev–Trinajstić information content (AvgIpc) is 2.69. The molecule has 1 amide bonds. The van der Waals surface area contributed by atoms with Crippen LogP contribution in [0.1, 0.15) is 21.5 Å². The highest BCUT2D eigenvalue weighted by Gasteiger charge is 2.17. The lowest BCUT2D eigenvalue weighted by Gasteiger charge is -2.23. The van der Waals surface area contributed by atoms with Crippen LogP contribution in [0, 0.1) is 0 Å². The summed E-state index contributed by atoms with van der Waals surface area (Å²) in [5.74, 6) is 0.155. The van der Waals surface area contributed by atoms with Gasteiger partial charge in [0.25, 0.3) is 5.91 Å². The first-order valence-electron chi connectivity index (χ1n) is 8.87. The van der Waals surface area contributed by atoms with Crippen LogP contribution in [-0.4, -0.2) is 25.5 Å². The number of halogens is 1. The van der Waals surface area contributed by atoms with E-state index in [9.17, 15) is 13.2 Å². The Hall–Kier alpha value is -2.64. The van der Waals surface area contributed by atoms with Gasteiger partial charge in [0.15, 0.2) is 0 Å². The van der Waals surface area contributed by atoms with E-state index in [4.69, 9.17) is 4.18 Å². The first-order chi connectivity index (χ1) is 13.8. The highest BCUT2D eigenvalue weighted by atomic mass is 79.9. The fourth-order valence-corrected chi connectivity index (χ4v) is 3.55. The summed E-state index contributed by atoms with van der Waals surface area (Å²) in [5, 5.41) is 0. The molecule has 7 heteroatoms. The third kappa shape index (κ3) is 6.44. The van der Waals surface area contributed by atoms with Crippen molar-refractivity contribution in [1.82, 2.24) is 4.90 Å². The quantitative estimate of drug-likeness (QED) is 0.469. The smallest absolute Gasteiger partial charge is 0.306 e. The van der Waals surface area contributed by atoms with Crippen LogP contribution in [0.5, 0.6) is 5.75 Å². The van der Waals surface area contributed by atoms with Crippen LogP contribution in [0.4, 0.5) is 0 Å². The molecule has 150 valence electrons. The minimum atomic E-state index is -3.58. The first-order valence-corrected chi connectivity index (χ1v) is 11.5. The van der Waals surface area contributed by atoms with Gasteiger partial charge >= 0.3 is 10.1 Å². The van der Waals surface area contributed by atoms with Gasteiger partial charge in [-0.2, -0.15) is 8.42 Å². The Kier molecular flexibility index (Phi) is 6.71. The summed E-state index contributed by atoms with van der Waals surface area (Å²) in [6.45, 7) is 0.834. The number of nitrogens with zero attached hydrogens (tertiary/aromatic N) is 1. The third-order valence-corrected chi connectivity index (χ3v) is 5.16. The molecule has 3 aromatic carbocycles. The van der Waals surface area contributed by atoms with Gasteiger partial charge in [-0.15, -0.1) is 0 Å². The maximum atomic E-state index is 13.1. The topological polar surface area (TPSA) is 63.7 Å². The zero-order chi connectivity index (χ0) is 20.9. The molecule has 0 radical (unpaired) electrons. The molecule has 0 saturated heterocycles. The lowest BCUT2D eigenvalue weighted by molar-refractivity contribution is 0.0730. The molecule has 0 fully saturated rings. The average molecular weight is 474 g/mol. The zero-order valence-corrected chi connectivity index (χ0v) is 18.2. The van der Waals surface area contributed by atoms with Crippen molar-refractivity contribution in [2.75, 3.05) is 6.26 Å². The molecular weight excluding hydrogens is 454 g/mol. The van der Waals surface area contributed by atoms with E-state index < -0.39 is 10.1 Å². The van der Waals surface area contributed by atoms with Crippen LogP contribution in [0.25, 0.3) is 0 Å². The van der Waals surface area contributed by atoms with E-state index in [2.05, 4.69) is 15.9 Å². The number of hydrogen-bond donors (Lipinski definition) is 0. The second-order valence-electron chi connectivity index (χ2n) is 6.59. The molecule has 0 unspecified atom stereocenters. The molecule has 0 bridgehead atoms. The van der Waals surface area contributed by atoms with Crippen molar-refractivity contribution < 1.29 is 17.4 Å². The highest BCUT2D eigenvalue weighted by Crippen LogP contribution is 2.19. The zero-order valence-electron chi connectivity index (χ0n) is 15.8. The Morgan fingerprint density at radius 1 is 0.862 bits per heavy atom. The van der Waals surface area contributed by atoms with E-state index in [1.54, 1.807) is 41.3 Å². The third-order valence-electron chi connectivity index (χ3n) is 4.14. The number of rotatable bonds is 7. The van der Waals surface area contributed by atoms with Gasteiger partial charge in [0.2, 0.25) is 0 Å². The summed E-state index contributed by atoms with van der Waals surface area (Å²) < 4.78 is 28.3. The lowest BCUT2D eigenvalue weighted by Crippen LogP contribution is -2.30. The van der Waals surface area contributed by atoms with Gasteiger partial charge in [0.05, 0.1) is 6.26 Å². The van der Waals surface area contributed by atoms with Crippen molar-refractivity contribution in [3.05, 3.63) is 100 Å². The molecule has 5 nitrogen and oxygen atoms in total. The first kappa shape index (κ1) is 21.1. The van der Waals surface area contributed by atoms with Gasteiger partial charge in [-0.3, -0.25) is 4.79 Å². The van der Waals surface area contributed by atoms with Crippen LogP contribution >= 0.6 is 15.9 Å². The maximum absolute atomic E-state index is 13.1. The number of amides is 1. The Balaban J connectivity index is 1.82. The summed E-state index contributed by atoms with van der Waals surface area (Å²) in [7, 11) is -3.58. The highest BCUT2D eigenvalue weighted by molar-refractivity contribution is 9.10. The van der Waals surface area contributed by atoms with Gasteiger partial charge in [-0.1, -0.05) is 58.4 Å². The Bertz CT molecular complexity index is 1070. The number of benzene rings is 3. The second kappa shape index (κ2) is 9.24. The van der Waals surface area contributed by atoms with E-state index in [0.29, 0.717) is 18.7 Å². The molecule has 0 aliphatic rings.